The molecular weight excluding hydrogens is 394 g/mol. The first-order valence-electron chi connectivity index (χ1n) is 11.2. The van der Waals surface area contributed by atoms with Gasteiger partial charge in [0.1, 0.15) is 0 Å². The van der Waals surface area contributed by atoms with E-state index in [1.165, 1.54) is 0 Å². The fraction of sp³-hybridized carbons (Fsp3) is 0.667. The summed E-state index contributed by atoms with van der Waals surface area (Å²) in [7, 11) is 2.17. The van der Waals surface area contributed by atoms with Gasteiger partial charge in [-0.2, -0.15) is 4.99 Å². The van der Waals surface area contributed by atoms with Gasteiger partial charge in [-0.3, -0.25) is 10.7 Å². The van der Waals surface area contributed by atoms with Gasteiger partial charge >= 0.3 is 0 Å². The third-order valence-electron chi connectivity index (χ3n) is 6.03. The number of hydrogen-bond acceptors (Lipinski definition) is 10. The predicted octanol–water partition coefficient (Wildman–Crippen LogP) is -0.495. The van der Waals surface area contributed by atoms with Crippen molar-refractivity contribution in [3.63, 3.8) is 0 Å². The Labute approximate surface area is 184 Å². The van der Waals surface area contributed by atoms with Crippen molar-refractivity contribution >= 4 is 11.9 Å². The molecule has 1 aromatic rings. The molecule has 1 unspecified atom stereocenters. The lowest BCUT2D eigenvalue weighted by Gasteiger charge is -2.37. The number of nitrogens with one attached hydrogen (secondary N) is 3. The van der Waals surface area contributed by atoms with Gasteiger partial charge in [0.2, 0.25) is 11.9 Å². The van der Waals surface area contributed by atoms with E-state index < -0.39 is 5.79 Å². The van der Waals surface area contributed by atoms with E-state index in [1.54, 1.807) is 12.4 Å². The Morgan fingerprint density at radius 2 is 1.94 bits per heavy atom. The second-order valence-corrected chi connectivity index (χ2v) is 8.58. The monoisotopic (exact) mass is 429 g/mol. The van der Waals surface area contributed by atoms with Gasteiger partial charge in [0.25, 0.3) is 0 Å². The number of aliphatic imine (C=N–C) groups is 2. The zero-order valence-corrected chi connectivity index (χ0v) is 18.4. The Kier molecular flexibility index (Phi) is 7.33. The number of pyridine rings is 1. The lowest BCUT2D eigenvalue weighted by Crippen LogP contribution is -2.63. The molecule has 0 saturated carbocycles. The highest BCUT2D eigenvalue weighted by Gasteiger charge is 2.32. The largest absolute Gasteiger partial charge is 0.381 e. The van der Waals surface area contributed by atoms with Crippen molar-refractivity contribution in [1.29, 1.82) is 0 Å². The second kappa shape index (κ2) is 10.4. The molecule has 0 aliphatic carbocycles. The quantitative estimate of drug-likeness (QED) is 0.479. The van der Waals surface area contributed by atoms with Crippen LogP contribution in [0.25, 0.3) is 0 Å². The zero-order valence-electron chi connectivity index (χ0n) is 18.4. The van der Waals surface area contributed by atoms with Gasteiger partial charge in [-0.1, -0.05) is 0 Å². The highest BCUT2D eigenvalue weighted by atomic mass is 16.5. The second-order valence-electron chi connectivity index (χ2n) is 8.58. The number of aromatic nitrogens is 1. The summed E-state index contributed by atoms with van der Waals surface area (Å²) in [5.41, 5.74) is 7.84. The number of nitrogens with zero attached hydrogens (tertiary/aromatic N) is 5. The van der Waals surface area contributed by atoms with Gasteiger partial charge in [-0.05, 0) is 37.6 Å². The first-order chi connectivity index (χ1) is 15.1. The highest BCUT2D eigenvalue weighted by molar-refractivity contribution is 5.97. The van der Waals surface area contributed by atoms with Crippen molar-refractivity contribution < 1.29 is 4.74 Å². The van der Waals surface area contributed by atoms with E-state index >= 15 is 0 Å². The molecule has 0 spiro atoms. The lowest BCUT2D eigenvalue weighted by atomic mass is 10.1. The van der Waals surface area contributed by atoms with Crippen molar-refractivity contribution in [2.24, 2.45) is 15.7 Å². The minimum atomic E-state index is -0.904. The maximum atomic E-state index is 6.73. The Morgan fingerprint density at radius 3 is 2.68 bits per heavy atom. The fourth-order valence-corrected chi connectivity index (χ4v) is 3.96. The molecule has 1 atom stereocenters. The lowest BCUT2D eigenvalue weighted by molar-refractivity contribution is 0.0820. The molecule has 0 bridgehead atoms. The molecule has 10 nitrogen and oxygen atoms in total. The number of ether oxygens (including phenoxy) is 1. The summed E-state index contributed by atoms with van der Waals surface area (Å²) in [6.07, 6.45) is 6.18. The van der Waals surface area contributed by atoms with Crippen LogP contribution in [0.3, 0.4) is 0 Å². The van der Waals surface area contributed by atoms with Crippen LogP contribution in [-0.4, -0.2) is 91.5 Å². The van der Waals surface area contributed by atoms with Crippen LogP contribution >= 0.6 is 0 Å². The van der Waals surface area contributed by atoms with Crippen LogP contribution in [-0.2, 0) is 11.3 Å². The van der Waals surface area contributed by atoms with Crippen molar-refractivity contribution in [2.75, 3.05) is 53.0 Å². The van der Waals surface area contributed by atoms with E-state index in [9.17, 15) is 0 Å². The Balaban J connectivity index is 1.41. The molecule has 4 rings (SSSR count). The number of likely N-dealkylation sites (N-methyl/N-ethyl adjacent to an activating group) is 1. The number of nitrogens with two attached hydrogens (primary N) is 1. The summed E-state index contributed by atoms with van der Waals surface area (Å²) < 4.78 is 5.48. The summed E-state index contributed by atoms with van der Waals surface area (Å²) in [5.74, 6) is 0.324. The number of hydrogen-bond donors (Lipinski definition) is 4. The smallest absolute Gasteiger partial charge is 0.224 e. The molecule has 31 heavy (non-hydrogen) atoms. The summed E-state index contributed by atoms with van der Waals surface area (Å²) in [6, 6.07) is 4.27. The summed E-state index contributed by atoms with van der Waals surface area (Å²) in [6.45, 7) is 7.34. The molecule has 2 fully saturated rings. The zero-order chi connectivity index (χ0) is 21.5. The van der Waals surface area contributed by atoms with Crippen LogP contribution in [0.4, 0.5) is 0 Å². The Bertz CT molecular complexity index is 757. The Hall–Kier alpha value is -2.27. The summed E-state index contributed by atoms with van der Waals surface area (Å²) in [5, 5.41) is 10.2. The van der Waals surface area contributed by atoms with Crippen LogP contribution < -0.4 is 21.7 Å². The molecule has 3 aliphatic rings. The Morgan fingerprint density at radius 1 is 1.19 bits per heavy atom. The van der Waals surface area contributed by atoms with E-state index in [-0.39, 0.29) is 0 Å². The minimum Gasteiger partial charge on any atom is -0.381 e. The van der Waals surface area contributed by atoms with Crippen molar-refractivity contribution in [3.8, 4) is 0 Å². The van der Waals surface area contributed by atoms with Crippen LogP contribution in [0.2, 0.25) is 0 Å². The van der Waals surface area contributed by atoms with Crippen molar-refractivity contribution in [2.45, 2.75) is 37.6 Å². The standard InChI is InChI=1S/C21H35N9O/c1-29-10-12-30(13-11-29)9-6-21(22)27-19(24-16-17-2-7-23-8-3-17)26-20(28-21)25-18-4-14-31-15-5-18/h2-3,7-8,18H,4-6,9-16,22H2,1H3,(H3,24,25,26,27,28). The molecule has 0 radical (unpaired) electrons. The highest BCUT2D eigenvalue weighted by Crippen LogP contribution is 2.13. The molecular formula is C21H35N9O. The molecule has 1 aromatic heterocycles. The fourth-order valence-electron chi connectivity index (χ4n) is 3.96. The van der Waals surface area contributed by atoms with Crippen molar-refractivity contribution in [1.82, 2.24) is 30.7 Å². The number of guanidine groups is 2. The maximum Gasteiger partial charge on any atom is 0.224 e. The average molecular weight is 430 g/mol. The molecule has 3 aliphatic heterocycles. The van der Waals surface area contributed by atoms with E-state index in [0.717, 1.165) is 64.3 Å². The average Bonchev–Trinajstić information content (AvgIpc) is 2.78. The first-order valence-corrected chi connectivity index (χ1v) is 11.2. The number of piperazine rings is 1. The number of rotatable bonds is 6. The normalized spacial score (nSPS) is 26.0. The molecule has 10 heteroatoms. The van der Waals surface area contributed by atoms with Gasteiger partial charge < -0.3 is 30.5 Å². The SMILES string of the molecule is CN1CCN(CCC2(N)N=C(NCc3ccncc3)N=C(NC3CCOCC3)N2)CC1. The van der Waals surface area contributed by atoms with Gasteiger partial charge in [0, 0.05) is 77.3 Å². The third-order valence-corrected chi connectivity index (χ3v) is 6.03. The van der Waals surface area contributed by atoms with Gasteiger partial charge in [-0.15, -0.1) is 0 Å². The minimum absolute atomic E-state index is 0.321. The van der Waals surface area contributed by atoms with E-state index in [0.29, 0.717) is 30.9 Å². The molecule has 4 heterocycles. The molecule has 170 valence electrons. The molecule has 0 aromatic carbocycles. The van der Waals surface area contributed by atoms with Crippen LogP contribution in [0.5, 0.6) is 0 Å². The van der Waals surface area contributed by atoms with Crippen LogP contribution in [0, 0.1) is 0 Å². The van der Waals surface area contributed by atoms with Crippen LogP contribution in [0.15, 0.2) is 34.5 Å². The van der Waals surface area contributed by atoms with E-state index in [1.807, 2.05) is 12.1 Å². The summed E-state index contributed by atoms with van der Waals surface area (Å²) in [4.78, 5) is 18.3. The van der Waals surface area contributed by atoms with E-state index in [4.69, 9.17) is 15.5 Å². The predicted molar refractivity (Wildman–Crippen MR) is 122 cm³/mol. The third kappa shape index (κ3) is 6.60. The van der Waals surface area contributed by atoms with Crippen molar-refractivity contribution in [3.05, 3.63) is 30.1 Å². The topological polar surface area (TPSA) is 115 Å². The molecule has 0 amide bonds. The summed E-state index contributed by atoms with van der Waals surface area (Å²) >= 11 is 0. The van der Waals surface area contributed by atoms with Gasteiger partial charge in [0.05, 0.1) is 0 Å². The first kappa shape index (κ1) is 21.9. The van der Waals surface area contributed by atoms with Gasteiger partial charge in [-0.25, -0.2) is 4.99 Å². The molecule has 5 N–H and O–H groups in total. The molecule has 2 saturated heterocycles. The van der Waals surface area contributed by atoms with E-state index in [2.05, 4.69) is 42.8 Å². The maximum absolute atomic E-state index is 6.73. The van der Waals surface area contributed by atoms with Gasteiger partial charge in [0.15, 0.2) is 5.79 Å². The van der Waals surface area contributed by atoms with Crippen LogP contribution in [0.1, 0.15) is 24.8 Å².